The second kappa shape index (κ2) is 9.25. The standard InChI is InChI=1S/C23H39N5O2/c1-28-21(30)23(27-22(28)24,12-10-16-6-3-2-4-7-16)15-17-8-5-9-18(14-17)26-19-11-13-25-20(19)29/h16-19,26H,2-15H2,1H3,(H2,24,27)(H,25,29)/t17-,18+,19-,23+/m0/s1. The van der Waals surface area contributed by atoms with Crippen LogP contribution in [0.3, 0.4) is 0 Å². The predicted octanol–water partition coefficient (Wildman–Crippen LogP) is 2.30. The molecule has 2 aliphatic carbocycles. The van der Waals surface area contributed by atoms with Gasteiger partial charge in [0.2, 0.25) is 5.91 Å². The Morgan fingerprint density at radius 2 is 1.87 bits per heavy atom. The third-order valence-corrected chi connectivity index (χ3v) is 7.96. The van der Waals surface area contributed by atoms with Crippen molar-refractivity contribution in [1.29, 1.82) is 0 Å². The first-order chi connectivity index (χ1) is 14.5. The summed E-state index contributed by atoms with van der Waals surface area (Å²) in [6, 6.07) is 0.297. The summed E-state index contributed by atoms with van der Waals surface area (Å²) < 4.78 is 0. The molecule has 30 heavy (non-hydrogen) atoms. The van der Waals surface area contributed by atoms with E-state index in [9.17, 15) is 9.59 Å². The van der Waals surface area contributed by atoms with E-state index in [1.54, 1.807) is 11.9 Å². The Morgan fingerprint density at radius 3 is 2.53 bits per heavy atom. The van der Waals surface area contributed by atoms with E-state index >= 15 is 0 Å². The van der Waals surface area contributed by atoms with Crippen LogP contribution in [0.25, 0.3) is 0 Å². The van der Waals surface area contributed by atoms with Crippen molar-refractivity contribution in [2.45, 2.75) is 101 Å². The summed E-state index contributed by atoms with van der Waals surface area (Å²) >= 11 is 0. The molecule has 7 nitrogen and oxygen atoms in total. The van der Waals surface area contributed by atoms with Gasteiger partial charge in [-0.3, -0.25) is 14.5 Å². The van der Waals surface area contributed by atoms with Crippen LogP contribution in [0.5, 0.6) is 0 Å². The molecule has 7 heteroatoms. The lowest BCUT2D eigenvalue weighted by Crippen LogP contribution is -2.47. The van der Waals surface area contributed by atoms with Crippen LogP contribution in [-0.2, 0) is 9.59 Å². The van der Waals surface area contributed by atoms with Crippen LogP contribution in [0.4, 0.5) is 0 Å². The number of guanidine groups is 1. The summed E-state index contributed by atoms with van der Waals surface area (Å²) in [5.74, 6) is 1.76. The number of nitrogens with two attached hydrogens (primary N) is 1. The highest BCUT2D eigenvalue weighted by molar-refractivity contribution is 6.06. The smallest absolute Gasteiger partial charge is 0.257 e. The van der Waals surface area contributed by atoms with E-state index in [2.05, 4.69) is 10.6 Å². The molecule has 0 unspecified atom stereocenters. The van der Waals surface area contributed by atoms with Gasteiger partial charge in [0.05, 0.1) is 6.04 Å². The molecule has 0 spiro atoms. The average molecular weight is 418 g/mol. The van der Waals surface area contributed by atoms with Crippen molar-refractivity contribution in [2.24, 2.45) is 22.6 Å². The van der Waals surface area contributed by atoms with Crippen molar-refractivity contribution >= 4 is 17.8 Å². The fourth-order valence-corrected chi connectivity index (χ4v) is 6.22. The number of carbonyl (C=O) groups excluding carboxylic acids is 2. The molecule has 2 amide bonds. The summed E-state index contributed by atoms with van der Waals surface area (Å²) in [5, 5.41) is 6.49. The van der Waals surface area contributed by atoms with Gasteiger partial charge in [0.15, 0.2) is 5.96 Å². The normalized spacial score (nSPS) is 35.6. The summed E-state index contributed by atoms with van der Waals surface area (Å²) in [4.78, 5) is 31.5. The van der Waals surface area contributed by atoms with Crippen molar-refractivity contribution in [2.75, 3.05) is 13.6 Å². The van der Waals surface area contributed by atoms with E-state index in [0.717, 1.165) is 63.8 Å². The maximum absolute atomic E-state index is 13.3. The highest BCUT2D eigenvalue weighted by Crippen LogP contribution is 2.40. The fourth-order valence-electron chi connectivity index (χ4n) is 6.22. The molecule has 0 radical (unpaired) electrons. The van der Waals surface area contributed by atoms with Crippen LogP contribution >= 0.6 is 0 Å². The number of hydrogen-bond acceptors (Lipinski definition) is 5. The molecule has 0 aromatic rings. The average Bonchev–Trinajstić information content (AvgIpc) is 3.24. The molecule has 0 aromatic heterocycles. The van der Waals surface area contributed by atoms with E-state index in [4.69, 9.17) is 10.7 Å². The molecule has 4 rings (SSSR count). The first kappa shape index (κ1) is 21.6. The van der Waals surface area contributed by atoms with Crippen LogP contribution in [0, 0.1) is 11.8 Å². The first-order valence-electron chi connectivity index (χ1n) is 12.1. The SMILES string of the molecule is CN1C(=O)[C@@](CCC2CCCCC2)(C[C@H]2CCC[C@@H](N[C@H]3CCNC3=O)C2)N=C1N. The highest BCUT2D eigenvalue weighted by Gasteiger charge is 2.48. The molecular weight excluding hydrogens is 378 g/mol. The Labute approximate surface area is 180 Å². The molecular formula is C23H39N5O2. The van der Waals surface area contributed by atoms with Crippen molar-refractivity contribution in [3.63, 3.8) is 0 Å². The van der Waals surface area contributed by atoms with Crippen LogP contribution in [0.15, 0.2) is 4.99 Å². The van der Waals surface area contributed by atoms with E-state index in [1.165, 1.54) is 32.1 Å². The molecule has 4 atom stereocenters. The molecule has 4 N–H and O–H groups in total. The molecule has 3 fully saturated rings. The Kier molecular flexibility index (Phi) is 6.66. The van der Waals surface area contributed by atoms with Gasteiger partial charge in [-0.15, -0.1) is 0 Å². The molecule has 2 aliphatic heterocycles. The quantitative estimate of drug-likeness (QED) is 0.592. The third kappa shape index (κ3) is 4.66. The zero-order valence-corrected chi connectivity index (χ0v) is 18.5. The topological polar surface area (TPSA) is 99.8 Å². The minimum Gasteiger partial charge on any atom is -0.369 e. The Bertz CT molecular complexity index is 675. The molecule has 0 bridgehead atoms. The van der Waals surface area contributed by atoms with Gasteiger partial charge in [0.25, 0.3) is 5.91 Å². The maximum Gasteiger partial charge on any atom is 0.257 e. The lowest BCUT2D eigenvalue weighted by molar-refractivity contribution is -0.131. The number of carbonyl (C=O) groups is 2. The molecule has 2 heterocycles. The van der Waals surface area contributed by atoms with Gasteiger partial charge in [-0.1, -0.05) is 44.9 Å². The van der Waals surface area contributed by atoms with Crippen molar-refractivity contribution in [3.8, 4) is 0 Å². The van der Waals surface area contributed by atoms with Gasteiger partial charge in [-0.2, -0.15) is 0 Å². The minimum atomic E-state index is -0.673. The van der Waals surface area contributed by atoms with Gasteiger partial charge in [0.1, 0.15) is 5.54 Å². The van der Waals surface area contributed by atoms with Gasteiger partial charge >= 0.3 is 0 Å². The number of hydrogen-bond donors (Lipinski definition) is 3. The Balaban J connectivity index is 1.40. The van der Waals surface area contributed by atoms with Crippen LogP contribution in [0.1, 0.15) is 83.5 Å². The van der Waals surface area contributed by atoms with Gasteiger partial charge in [-0.25, -0.2) is 4.99 Å². The zero-order chi connectivity index (χ0) is 21.1. The lowest BCUT2D eigenvalue weighted by atomic mass is 9.74. The molecule has 2 saturated carbocycles. The molecule has 4 aliphatic rings. The Morgan fingerprint density at radius 1 is 1.10 bits per heavy atom. The van der Waals surface area contributed by atoms with Crippen LogP contribution in [-0.4, -0.2) is 53.9 Å². The lowest BCUT2D eigenvalue weighted by Gasteiger charge is -2.36. The summed E-state index contributed by atoms with van der Waals surface area (Å²) in [6.07, 6.45) is 14.5. The van der Waals surface area contributed by atoms with E-state index in [1.807, 2.05) is 0 Å². The summed E-state index contributed by atoms with van der Waals surface area (Å²) in [6.45, 7) is 0.770. The molecule has 1 saturated heterocycles. The van der Waals surface area contributed by atoms with Crippen molar-refractivity contribution in [1.82, 2.24) is 15.5 Å². The number of aliphatic imine (C=N–C) groups is 1. The van der Waals surface area contributed by atoms with E-state index in [-0.39, 0.29) is 17.9 Å². The van der Waals surface area contributed by atoms with Gasteiger partial charge in [-0.05, 0) is 50.4 Å². The third-order valence-electron chi connectivity index (χ3n) is 7.96. The monoisotopic (exact) mass is 417 g/mol. The minimum absolute atomic E-state index is 0.0538. The fraction of sp³-hybridized carbons (Fsp3) is 0.870. The second-order valence-electron chi connectivity index (χ2n) is 10.1. The van der Waals surface area contributed by atoms with Gasteiger partial charge < -0.3 is 16.4 Å². The van der Waals surface area contributed by atoms with Crippen molar-refractivity contribution < 1.29 is 9.59 Å². The second-order valence-corrected chi connectivity index (χ2v) is 10.1. The molecule has 0 aromatic carbocycles. The molecule has 168 valence electrons. The number of rotatable bonds is 7. The number of amides is 2. The van der Waals surface area contributed by atoms with E-state index in [0.29, 0.717) is 17.9 Å². The van der Waals surface area contributed by atoms with E-state index < -0.39 is 5.54 Å². The van der Waals surface area contributed by atoms with Crippen LogP contribution < -0.4 is 16.4 Å². The zero-order valence-electron chi connectivity index (χ0n) is 18.5. The first-order valence-corrected chi connectivity index (χ1v) is 12.1. The predicted molar refractivity (Wildman–Crippen MR) is 118 cm³/mol. The highest BCUT2D eigenvalue weighted by atomic mass is 16.2. The number of nitrogens with one attached hydrogen (secondary N) is 2. The van der Waals surface area contributed by atoms with Crippen molar-refractivity contribution in [3.05, 3.63) is 0 Å². The number of nitrogens with zero attached hydrogens (tertiary/aromatic N) is 2. The summed E-state index contributed by atoms with van der Waals surface area (Å²) in [5.41, 5.74) is 5.43. The number of likely N-dealkylation sites (N-methyl/N-ethyl adjacent to an activating group) is 1. The van der Waals surface area contributed by atoms with Crippen LogP contribution in [0.2, 0.25) is 0 Å². The maximum atomic E-state index is 13.3. The Hall–Kier alpha value is -1.63. The van der Waals surface area contributed by atoms with Gasteiger partial charge in [0, 0.05) is 19.6 Å². The largest absolute Gasteiger partial charge is 0.369 e. The summed E-state index contributed by atoms with van der Waals surface area (Å²) in [7, 11) is 1.76.